The van der Waals surface area contributed by atoms with E-state index in [1.54, 1.807) is 0 Å². The smallest absolute Gasteiger partial charge is 0.0107 e. The van der Waals surface area contributed by atoms with Gasteiger partial charge in [0.25, 0.3) is 0 Å². The maximum atomic E-state index is 5.86. The van der Waals surface area contributed by atoms with Crippen LogP contribution in [0.4, 0.5) is 0 Å². The fourth-order valence-electron chi connectivity index (χ4n) is 3.59. The second-order valence-electron chi connectivity index (χ2n) is 5.96. The van der Waals surface area contributed by atoms with E-state index in [1.807, 2.05) is 0 Å². The van der Waals surface area contributed by atoms with Crippen LogP contribution in [-0.2, 0) is 0 Å². The fourth-order valence-corrected chi connectivity index (χ4v) is 3.59. The van der Waals surface area contributed by atoms with Gasteiger partial charge in [0.05, 0.1) is 0 Å². The second-order valence-corrected chi connectivity index (χ2v) is 5.96. The maximum Gasteiger partial charge on any atom is 0.0107 e. The van der Waals surface area contributed by atoms with E-state index in [2.05, 4.69) is 12.2 Å². The van der Waals surface area contributed by atoms with Gasteiger partial charge in [-0.05, 0) is 50.1 Å². The molecule has 2 saturated carbocycles. The van der Waals surface area contributed by atoms with Crippen molar-refractivity contribution in [3.05, 3.63) is 0 Å². The fraction of sp³-hybridized carbons (Fsp3) is 1.00. The Kier molecular flexibility index (Phi) is 4.66. The van der Waals surface area contributed by atoms with Gasteiger partial charge in [0.2, 0.25) is 0 Å². The van der Waals surface area contributed by atoms with Gasteiger partial charge in [0, 0.05) is 6.04 Å². The zero-order valence-electron chi connectivity index (χ0n) is 10.8. The molecule has 2 nitrogen and oxygen atoms in total. The third-order valence-electron chi connectivity index (χ3n) is 4.89. The van der Waals surface area contributed by atoms with Crippen LogP contribution in [0.3, 0.4) is 0 Å². The van der Waals surface area contributed by atoms with Gasteiger partial charge < -0.3 is 11.1 Å². The van der Waals surface area contributed by atoms with E-state index in [1.165, 1.54) is 51.5 Å². The molecule has 2 rings (SSSR count). The Morgan fingerprint density at radius 1 is 1.00 bits per heavy atom. The highest BCUT2D eigenvalue weighted by molar-refractivity contribution is 4.84. The standard InChI is InChI=1S/C14H28N2/c1-11-5-4-7-13(11)10-16-14-8-3-2-6-12(14)9-15/h11-14,16H,2-10,15H2,1H3. The van der Waals surface area contributed by atoms with Crippen LogP contribution in [0.1, 0.15) is 51.9 Å². The molecule has 4 atom stereocenters. The van der Waals surface area contributed by atoms with E-state index in [-0.39, 0.29) is 0 Å². The molecule has 0 aromatic carbocycles. The molecule has 16 heavy (non-hydrogen) atoms. The van der Waals surface area contributed by atoms with Crippen molar-refractivity contribution < 1.29 is 0 Å². The summed E-state index contributed by atoms with van der Waals surface area (Å²) < 4.78 is 0. The number of hydrogen-bond acceptors (Lipinski definition) is 2. The van der Waals surface area contributed by atoms with Crippen molar-refractivity contribution in [3.8, 4) is 0 Å². The summed E-state index contributed by atoms with van der Waals surface area (Å²) in [7, 11) is 0. The highest BCUT2D eigenvalue weighted by atomic mass is 14.9. The summed E-state index contributed by atoms with van der Waals surface area (Å²) in [5, 5.41) is 3.81. The summed E-state index contributed by atoms with van der Waals surface area (Å²) in [6.07, 6.45) is 9.80. The van der Waals surface area contributed by atoms with Crippen molar-refractivity contribution in [1.82, 2.24) is 5.32 Å². The summed E-state index contributed by atoms with van der Waals surface area (Å²) in [4.78, 5) is 0. The van der Waals surface area contributed by atoms with Gasteiger partial charge in [-0.2, -0.15) is 0 Å². The molecular formula is C14H28N2. The Bertz CT molecular complexity index is 205. The molecule has 0 amide bonds. The van der Waals surface area contributed by atoms with E-state index >= 15 is 0 Å². The third-order valence-corrected chi connectivity index (χ3v) is 4.89. The normalized spacial score (nSPS) is 40.1. The van der Waals surface area contributed by atoms with E-state index in [0.717, 1.165) is 24.3 Å². The molecule has 0 spiro atoms. The lowest BCUT2D eigenvalue weighted by Gasteiger charge is -2.32. The van der Waals surface area contributed by atoms with Gasteiger partial charge >= 0.3 is 0 Å². The van der Waals surface area contributed by atoms with Crippen LogP contribution in [0.5, 0.6) is 0 Å². The predicted molar refractivity (Wildman–Crippen MR) is 69.3 cm³/mol. The first-order chi connectivity index (χ1) is 7.81. The van der Waals surface area contributed by atoms with Gasteiger partial charge in [0.15, 0.2) is 0 Å². The van der Waals surface area contributed by atoms with E-state index in [9.17, 15) is 0 Å². The minimum atomic E-state index is 0.714. The van der Waals surface area contributed by atoms with Gasteiger partial charge in [-0.1, -0.05) is 32.6 Å². The average molecular weight is 224 g/mol. The Morgan fingerprint density at radius 3 is 2.44 bits per heavy atom. The highest BCUT2D eigenvalue weighted by Crippen LogP contribution is 2.31. The van der Waals surface area contributed by atoms with Crippen molar-refractivity contribution in [3.63, 3.8) is 0 Å². The monoisotopic (exact) mass is 224 g/mol. The zero-order chi connectivity index (χ0) is 11.4. The molecule has 4 unspecified atom stereocenters. The first kappa shape index (κ1) is 12.4. The number of rotatable bonds is 4. The molecule has 2 aliphatic carbocycles. The number of hydrogen-bond donors (Lipinski definition) is 2. The van der Waals surface area contributed by atoms with Gasteiger partial charge in [-0.25, -0.2) is 0 Å². The van der Waals surface area contributed by atoms with Crippen molar-refractivity contribution in [2.45, 2.75) is 57.9 Å². The molecule has 3 N–H and O–H groups in total. The molecule has 0 aliphatic heterocycles. The predicted octanol–water partition coefficient (Wildman–Crippen LogP) is 2.53. The second kappa shape index (κ2) is 6.02. The first-order valence-corrected chi connectivity index (χ1v) is 7.24. The summed E-state index contributed by atoms with van der Waals surface area (Å²) in [6, 6.07) is 0.714. The summed E-state index contributed by atoms with van der Waals surface area (Å²) in [5.41, 5.74) is 5.86. The van der Waals surface area contributed by atoms with E-state index < -0.39 is 0 Å². The lowest BCUT2D eigenvalue weighted by atomic mass is 9.84. The average Bonchev–Trinajstić information content (AvgIpc) is 2.72. The van der Waals surface area contributed by atoms with Crippen LogP contribution in [0.15, 0.2) is 0 Å². The molecule has 0 radical (unpaired) electrons. The molecule has 0 heterocycles. The highest BCUT2D eigenvalue weighted by Gasteiger charge is 2.27. The number of nitrogens with one attached hydrogen (secondary N) is 1. The SMILES string of the molecule is CC1CCCC1CNC1CCCCC1CN. The Morgan fingerprint density at radius 2 is 1.75 bits per heavy atom. The van der Waals surface area contributed by atoms with Crippen LogP contribution in [0.2, 0.25) is 0 Å². The lowest BCUT2D eigenvalue weighted by molar-refractivity contribution is 0.248. The minimum Gasteiger partial charge on any atom is -0.330 e. The Balaban J connectivity index is 1.75. The summed E-state index contributed by atoms with van der Waals surface area (Å²) in [5.74, 6) is 2.61. The van der Waals surface area contributed by atoms with Crippen LogP contribution in [-0.4, -0.2) is 19.1 Å². The lowest BCUT2D eigenvalue weighted by Crippen LogP contribution is -2.43. The van der Waals surface area contributed by atoms with Crippen molar-refractivity contribution in [2.75, 3.05) is 13.1 Å². The molecule has 2 heteroatoms. The summed E-state index contributed by atoms with van der Waals surface area (Å²) in [6.45, 7) is 4.53. The van der Waals surface area contributed by atoms with Crippen molar-refractivity contribution in [2.24, 2.45) is 23.5 Å². The molecule has 94 valence electrons. The molecule has 0 aromatic heterocycles. The van der Waals surface area contributed by atoms with Crippen molar-refractivity contribution >= 4 is 0 Å². The van der Waals surface area contributed by atoms with Crippen molar-refractivity contribution in [1.29, 1.82) is 0 Å². The van der Waals surface area contributed by atoms with Crippen LogP contribution < -0.4 is 11.1 Å². The van der Waals surface area contributed by atoms with E-state index in [0.29, 0.717) is 6.04 Å². The van der Waals surface area contributed by atoms with Crippen LogP contribution >= 0.6 is 0 Å². The largest absolute Gasteiger partial charge is 0.330 e. The van der Waals surface area contributed by atoms with Crippen LogP contribution in [0, 0.1) is 17.8 Å². The Labute approximate surface area is 100 Å². The zero-order valence-corrected chi connectivity index (χ0v) is 10.8. The molecule has 0 bridgehead atoms. The van der Waals surface area contributed by atoms with E-state index in [4.69, 9.17) is 5.73 Å². The minimum absolute atomic E-state index is 0.714. The molecule has 2 fully saturated rings. The molecular weight excluding hydrogens is 196 g/mol. The number of nitrogens with two attached hydrogens (primary N) is 1. The van der Waals surface area contributed by atoms with Crippen LogP contribution in [0.25, 0.3) is 0 Å². The van der Waals surface area contributed by atoms with Gasteiger partial charge in [-0.15, -0.1) is 0 Å². The van der Waals surface area contributed by atoms with Gasteiger partial charge in [0.1, 0.15) is 0 Å². The molecule has 2 aliphatic rings. The molecule has 0 saturated heterocycles. The van der Waals surface area contributed by atoms with Gasteiger partial charge in [-0.3, -0.25) is 0 Å². The quantitative estimate of drug-likeness (QED) is 0.770. The maximum absolute atomic E-state index is 5.86. The topological polar surface area (TPSA) is 38.0 Å². The summed E-state index contributed by atoms with van der Waals surface area (Å²) >= 11 is 0. The first-order valence-electron chi connectivity index (χ1n) is 7.24. The third kappa shape index (κ3) is 2.98. The Hall–Kier alpha value is -0.0800. The molecule has 0 aromatic rings.